The van der Waals surface area contributed by atoms with Gasteiger partial charge < -0.3 is 15.2 Å². The Hall–Kier alpha value is -2.40. The van der Waals surface area contributed by atoms with Gasteiger partial charge in [0, 0.05) is 12.1 Å². The van der Waals surface area contributed by atoms with Gasteiger partial charge in [0.2, 0.25) is 5.91 Å². The second-order valence-corrected chi connectivity index (χ2v) is 6.10. The van der Waals surface area contributed by atoms with Crippen LogP contribution in [-0.4, -0.2) is 24.7 Å². The summed E-state index contributed by atoms with van der Waals surface area (Å²) in [4.78, 5) is 12.4. The molecule has 0 unspecified atom stereocenters. The van der Waals surface area contributed by atoms with Crippen LogP contribution in [0.1, 0.15) is 31.1 Å². The summed E-state index contributed by atoms with van der Waals surface area (Å²) in [5.41, 5.74) is -0.0495. The number of ether oxygens (including phenoxy) is 1. The van der Waals surface area contributed by atoms with Crippen LogP contribution in [0.4, 0.5) is 4.39 Å². The molecule has 0 aliphatic carbocycles. The van der Waals surface area contributed by atoms with Crippen LogP contribution in [0.5, 0.6) is 5.75 Å². The largest absolute Gasteiger partial charge is 0.497 e. The van der Waals surface area contributed by atoms with Crippen molar-refractivity contribution in [3.8, 4) is 5.75 Å². The Labute approximate surface area is 141 Å². The van der Waals surface area contributed by atoms with Gasteiger partial charge in [-0.05, 0) is 37.6 Å². The number of carbonyl (C=O) groups is 1. The normalized spacial score (nSPS) is 12.5. The number of methoxy groups -OCH3 is 1. The molecule has 24 heavy (non-hydrogen) atoms. The molecule has 5 heteroatoms. The standard InChI is InChI=1S/C19H22FNO3/c1-19(2,15-6-4-5-7-16(15)20)18(23)21-12-17(22)13-8-10-14(24-3)11-9-13/h4-11,17,22H,12H2,1-3H3,(H,21,23)/t17-/m0/s1. The summed E-state index contributed by atoms with van der Waals surface area (Å²) in [6.45, 7) is 3.35. The van der Waals surface area contributed by atoms with Crippen molar-refractivity contribution < 1.29 is 19.0 Å². The van der Waals surface area contributed by atoms with Crippen molar-refractivity contribution in [3.05, 3.63) is 65.5 Å². The topological polar surface area (TPSA) is 58.6 Å². The van der Waals surface area contributed by atoms with Crippen LogP contribution in [0.2, 0.25) is 0 Å². The fourth-order valence-electron chi connectivity index (χ4n) is 2.44. The van der Waals surface area contributed by atoms with Gasteiger partial charge in [0.1, 0.15) is 11.6 Å². The maximum absolute atomic E-state index is 13.9. The molecule has 0 aromatic heterocycles. The summed E-state index contributed by atoms with van der Waals surface area (Å²) < 4.78 is 19.0. The zero-order valence-corrected chi connectivity index (χ0v) is 14.0. The molecule has 0 heterocycles. The number of benzene rings is 2. The van der Waals surface area contributed by atoms with E-state index in [1.54, 1.807) is 63.4 Å². The highest BCUT2D eigenvalue weighted by Crippen LogP contribution is 2.26. The third kappa shape index (κ3) is 3.92. The fraction of sp³-hybridized carbons (Fsp3) is 0.316. The molecule has 1 atom stereocenters. The second-order valence-electron chi connectivity index (χ2n) is 6.10. The van der Waals surface area contributed by atoms with Crippen molar-refractivity contribution in [2.75, 3.05) is 13.7 Å². The molecular weight excluding hydrogens is 309 g/mol. The zero-order valence-electron chi connectivity index (χ0n) is 14.0. The molecule has 2 aromatic rings. The summed E-state index contributed by atoms with van der Waals surface area (Å²) in [6, 6.07) is 13.1. The van der Waals surface area contributed by atoms with Gasteiger partial charge in [-0.15, -0.1) is 0 Å². The molecule has 2 N–H and O–H groups in total. The lowest BCUT2D eigenvalue weighted by molar-refractivity contribution is -0.126. The molecule has 128 valence electrons. The highest BCUT2D eigenvalue weighted by Gasteiger charge is 2.32. The van der Waals surface area contributed by atoms with E-state index < -0.39 is 17.3 Å². The number of aliphatic hydroxyl groups is 1. The minimum atomic E-state index is -1.04. The molecule has 4 nitrogen and oxygen atoms in total. The van der Waals surface area contributed by atoms with Crippen LogP contribution in [0.25, 0.3) is 0 Å². The highest BCUT2D eigenvalue weighted by molar-refractivity contribution is 5.87. The predicted molar refractivity (Wildman–Crippen MR) is 90.4 cm³/mol. The summed E-state index contributed by atoms with van der Waals surface area (Å²) >= 11 is 0. The first kappa shape index (κ1) is 17.9. The maximum Gasteiger partial charge on any atom is 0.230 e. The van der Waals surface area contributed by atoms with Crippen LogP contribution < -0.4 is 10.1 Å². The summed E-state index contributed by atoms with van der Waals surface area (Å²) in [5, 5.41) is 12.9. The van der Waals surface area contributed by atoms with Crippen LogP contribution in [0.3, 0.4) is 0 Å². The molecule has 0 bridgehead atoms. The Kier molecular flexibility index (Phi) is 5.57. The van der Waals surface area contributed by atoms with Gasteiger partial charge in [0.15, 0.2) is 0 Å². The van der Waals surface area contributed by atoms with E-state index in [2.05, 4.69) is 5.32 Å². The van der Waals surface area contributed by atoms with E-state index in [-0.39, 0.29) is 12.5 Å². The summed E-state index contributed by atoms with van der Waals surface area (Å²) in [7, 11) is 1.57. The third-order valence-corrected chi connectivity index (χ3v) is 4.07. The van der Waals surface area contributed by atoms with Gasteiger partial charge in [0.05, 0.1) is 18.6 Å². The first-order valence-electron chi connectivity index (χ1n) is 7.71. The van der Waals surface area contributed by atoms with Crippen LogP contribution in [-0.2, 0) is 10.2 Å². The molecule has 0 radical (unpaired) electrons. The number of rotatable bonds is 6. The SMILES string of the molecule is COc1ccc([C@@H](O)CNC(=O)C(C)(C)c2ccccc2F)cc1. The monoisotopic (exact) mass is 331 g/mol. The van der Waals surface area contributed by atoms with E-state index in [0.717, 1.165) is 0 Å². The number of carbonyl (C=O) groups excluding carboxylic acids is 1. The van der Waals surface area contributed by atoms with Crippen molar-refractivity contribution in [2.45, 2.75) is 25.4 Å². The predicted octanol–water partition coefficient (Wildman–Crippen LogP) is 2.96. The molecule has 0 aliphatic rings. The highest BCUT2D eigenvalue weighted by atomic mass is 19.1. The van der Waals surface area contributed by atoms with Gasteiger partial charge in [0.25, 0.3) is 0 Å². The molecule has 0 saturated carbocycles. The number of hydrogen-bond acceptors (Lipinski definition) is 3. The van der Waals surface area contributed by atoms with Crippen LogP contribution in [0, 0.1) is 5.82 Å². The average molecular weight is 331 g/mol. The Bertz CT molecular complexity index is 698. The van der Waals surface area contributed by atoms with Gasteiger partial charge in [-0.1, -0.05) is 30.3 Å². The van der Waals surface area contributed by atoms with E-state index in [0.29, 0.717) is 16.9 Å². The lowest BCUT2D eigenvalue weighted by Gasteiger charge is -2.25. The average Bonchev–Trinajstić information content (AvgIpc) is 2.59. The van der Waals surface area contributed by atoms with Crippen molar-refractivity contribution in [1.82, 2.24) is 5.32 Å². The first-order chi connectivity index (χ1) is 11.4. The van der Waals surface area contributed by atoms with E-state index >= 15 is 0 Å². The lowest BCUT2D eigenvalue weighted by atomic mass is 9.83. The number of halogens is 1. The Morgan fingerprint density at radius 3 is 2.42 bits per heavy atom. The number of amides is 1. The van der Waals surface area contributed by atoms with Crippen molar-refractivity contribution >= 4 is 5.91 Å². The van der Waals surface area contributed by atoms with Gasteiger partial charge in [-0.2, -0.15) is 0 Å². The molecule has 0 fully saturated rings. The molecule has 2 aromatic carbocycles. The third-order valence-electron chi connectivity index (χ3n) is 4.07. The molecule has 0 saturated heterocycles. The Morgan fingerprint density at radius 1 is 1.21 bits per heavy atom. The second kappa shape index (κ2) is 7.45. The number of nitrogens with one attached hydrogen (secondary N) is 1. The van der Waals surface area contributed by atoms with Gasteiger partial charge in [-0.3, -0.25) is 4.79 Å². The zero-order chi connectivity index (χ0) is 17.7. The Morgan fingerprint density at radius 2 is 1.83 bits per heavy atom. The van der Waals surface area contributed by atoms with E-state index in [9.17, 15) is 14.3 Å². The molecule has 0 spiro atoms. The van der Waals surface area contributed by atoms with Gasteiger partial charge >= 0.3 is 0 Å². The number of hydrogen-bond donors (Lipinski definition) is 2. The van der Waals surface area contributed by atoms with Crippen molar-refractivity contribution in [2.24, 2.45) is 0 Å². The molecule has 1 amide bonds. The smallest absolute Gasteiger partial charge is 0.230 e. The minimum Gasteiger partial charge on any atom is -0.497 e. The number of aliphatic hydroxyl groups excluding tert-OH is 1. The lowest BCUT2D eigenvalue weighted by Crippen LogP contribution is -2.42. The fourth-order valence-corrected chi connectivity index (χ4v) is 2.44. The molecule has 2 rings (SSSR count). The maximum atomic E-state index is 13.9. The van der Waals surface area contributed by atoms with E-state index in [1.165, 1.54) is 6.07 Å². The van der Waals surface area contributed by atoms with E-state index in [4.69, 9.17) is 4.74 Å². The van der Waals surface area contributed by atoms with Crippen molar-refractivity contribution in [1.29, 1.82) is 0 Å². The quantitative estimate of drug-likeness (QED) is 0.855. The van der Waals surface area contributed by atoms with Gasteiger partial charge in [-0.25, -0.2) is 4.39 Å². The molecule has 0 aliphatic heterocycles. The molecular formula is C19H22FNO3. The first-order valence-corrected chi connectivity index (χ1v) is 7.71. The minimum absolute atomic E-state index is 0.0447. The van der Waals surface area contributed by atoms with Crippen molar-refractivity contribution in [3.63, 3.8) is 0 Å². The van der Waals surface area contributed by atoms with E-state index in [1.807, 2.05) is 0 Å². The summed E-state index contributed by atoms with van der Waals surface area (Å²) in [5.74, 6) is -0.0795. The summed E-state index contributed by atoms with van der Waals surface area (Å²) in [6.07, 6.45) is -0.851. The van der Waals surface area contributed by atoms with Crippen LogP contribution >= 0.6 is 0 Å². The Balaban J connectivity index is 2.02. The van der Waals surface area contributed by atoms with Crippen LogP contribution in [0.15, 0.2) is 48.5 Å².